The molecule has 0 bridgehead atoms. The second kappa shape index (κ2) is 6.10. The molecule has 132 valence electrons. The maximum Gasteiger partial charge on any atom is 0.243 e. The monoisotopic (exact) mass is 373 g/mol. The molecule has 0 N–H and O–H groups in total. The molecule has 24 heavy (non-hydrogen) atoms. The van der Waals surface area contributed by atoms with E-state index in [-0.39, 0.29) is 36.8 Å². The molecule has 0 unspecified atom stereocenters. The van der Waals surface area contributed by atoms with Crippen LogP contribution < -0.4 is 0 Å². The van der Waals surface area contributed by atoms with Gasteiger partial charge in [-0.25, -0.2) is 21.8 Å². The lowest BCUT2D eigenvalue weighted by molar-refractivity contribution is 0.273. The van der Waals surface area contributed by atoms with Crippen molar-refractivity contribution in [2.75, 3.05) is 31.9 Å². The second-order valence-electron chi connectivity index (χ2n) is 5.57. The van der Waals surface area contributed by atoms with E-state index in [1.807, 2.05) is 0 Å². The summed E-state index contributed by atoms with van der Waals surface area (Å²) in [6.45, 7) is 3.87. The van der Waals surface area contributed by atoms with Crippen LogP contribution in [0.15, 0.2) is 27.5 Å². The highest BCUT2D eigenvalue weighted by molar-refractivity contribution is 7.89. The van der Waals surface area contributed by atoms with Gasteiger partial charge in [-0.15, -0.1) is 0 Å². The lowest BCUT2D eigenvalue weighted by atomic mass is 10.3. The second-order valence-corrected chi connectivity index (χ2v) is 9.76. The number of sulfonamides is 2. The third-order valence-corrected chi connectivity index (χ3v) is 7.84. The average Bonchev–Trinajstić information content (AvgIpc) is 2.94. The molecule has 0 amide bonds. The number of hydrogen-bond donors (Lipinski definition) is 0. The zero-order valence-electron chi connectivity index (χ0n) is 13.5. The highest BCUT2D eigenvalue weighted by atomic mass is 32.2. The van der Waals surface area contributed by atoms with Gasteiger partial charge >= 0.3 is 0 Å². The molecule has 0 spiro atoms. The first-order valence-electron chi connectivity index (χ1n) is 7.59. The minimum absolute atomic E-state index is 0.0151. The molecule has 1 aliphatic heterocycles. The van der Waals surface area contributed by atoms with Gasteiger partial charge < -0.3 is 4.42 Å². The molecule has 2 heterocycles. The first-order chi connectivity index (χ1) is 11.2. The largest absolute Gasteiger partial charge is 0.441 e. The Bertz CT molecular complexity index is 957. The topological polar surface area (TPSA) is 101 Å². The van der Waals surface area contributed by atoms with Crippen LogP contribution in [-0.2, 0) is 20.0 Å². The molecule has 2 aromatic rings. The number of aromatic nitrogens is 1. The maximum absolute atomic E-state index is 12.8. The van der Waals surface area contributed by atoms with Gasteiger partial charge in [0.2, 0.25) is 20.0 Å². The van der Waals surface area contributed by atoms with Gasteiger partial charge in [0.15, 0.2) is 11.5 Å². The quantitative estimate of drug-likeness (QED) is 0.785. The Labute approximate surface area is 141 Å². The first-order valence-corrected chi connectivity index (χ1v) is 10.6. The van der Waals surface area contributed by atoms with Crippen LogP contribution in [0.4, 0.5) is 0 Å². The minimum atomic E-state index is -3.70. The Balaban J connectivity index is 1.83. The third-order valence-electron chi connectivity index (χ3n) is 4.06. The molecule has 1 fully saturated rings. The molecule has 1 aliphatic rings. The van der Waals surface area contributed by atoms with Crippen molar-refractivity contribution >= 4 is 31.1 Å². The van der Waals surface area contributed by atoms with E-state index in [0.717, 1.165) is 0 Å². The molecular weight excluding hydrogens is 354 g/mol. The Morgan fingerprint density at radius 1 is 1.08 bits per heavy atom. The Morgan fingerprint density at radius 3 is 2.33 bits per heavy atom. The van der Waals surface area contributed by atoms with Gasteiger partial charge in [0.25, 0.3) is 0 Å². The Hall–Kier alpha value is -1.49. The smallest absolute Gasteiger partial charge is 0.243 e. The normalized spacial score (nSPS) is 18.2. The van der Waals surface area contributed by atoms with Crippen molar-refractivity contribution in [3.05, 3.63) is 24.1 Å². The van der Waals surface area contributed by atoms with Gasteiger partial charge in [0.1, 0.15) is 5.52 Å². The number of aryl methyl sites for hydroxylation is 1. The number of piperazine rings is 1. The fourth-order valence-electron chi connectivity index (χ4n) is 2.70. The van der Waals surface area contributed by atoms with Crippen LogP contribution in [0.5, 0.6) is 0 Å². The molecule has 0 aliphatic carbocycles. The first kappa shape index (κ1) is 17.3. The lowest BCUT2D eigenvalue weighted by Gasteiger charge is -2.33. The van der Waals surface area contributed by atoms with E-state index in [1.165, 1.54) is 20.7 Å². The van der Waals surface area contributed by atoms with E-state index >= 15 is 0 Å². The third kappa shape index (κ3) is 3.06. The SMILES string of the molecule is CCS(=O)(=O)N1CCN(S(=O)(=O)c2ccc3nc(C)oc3c2)CC1. The molecule has 0 radical (unpaired) electrons. The van der Waals surface area contributed by atoms with Crippen LogP contribution >= 0.6 is 0 Å². The van der Waals surface area contributed by atoms with Crippen molar-refractivity contribution in [3.8, 4) is 0 Å². The van der Waals surface area contributed by atoms with Crippen molar-refractivity contribution in [1.29, 1.82) is 0 Å². The summed E-state index contributed by atoms with van der Waals surface area (Å²) in [4.78, 5) is 4.27. The summed E-state index contributed by atoms with van der Waals surface area (Å²) in [5.41, 5.74) is 1.02. The fraction of sp³-hybridized carbons (Fsp3) is 0.500. The summed E-state index contributed by atoms with van der Waals surface area (Å²) in [6, 6.07) is 4.56. The van der Waals surface area contributed by atoms with Crippen molar-refractivity contribution in [3.63, 3.8) is 0 Å². The van der Waals surface area contributed by atoms with E-state index in [4.69, 9.17) is 4.42 Å². The van der Waals surface area contributed by atoms with Crippen LogP contribution in [0.3, 0.4) is 0 Å². The zero-order chi connectivity index (χ0) is 17.5. The van der Waals surface area contributed by atoms with E-state index in [2.05, 4.69) is 4.98 Å². The fourth-order valence-corrected chi connectivity index (χ4v) is 5.22. The zero-order valence-corrected chi connectivity index (χ0v) is 15.1. The summed E-state index contributed by atoms with van der Waals surface area (Å²) < 4.78 is 57.3. The number of nitrogens with zero attached hydrogens (tertiary/aromatic N) is 3. The molecule has 0 saturated carbocycles. The van der Waals surface area contributed by atoms with Gasteiger partial charge in [0.05, 0.1) is 10.6 Å². The van der Waals surface area contributed by atoms with E-state index in [9.17, 15) is 16.8 Å². The number of fused-ring (bicyclic) bond motifs is 1. The number of rotatable bonds is 4. The van der Waals surface area contributed by atoms with Gasteiger partial charge in [-0.05, 0) is 19.1 Å². The summed E-state index contributed by atoms with van der Waals surface area (Å²) in [5.74, 6) is 0.485. The van der Waals surface area contributed by atoms with E-state index < -0.39 is 20.0 Å². The van der Waals surface area contributed by atoms with Crippen LogP contribution in [0.1, 0.15) is 12.8 Å². The summed E-state index contributed by atoms with van der Waals surface area (Å²) in [7, 11) is -6.99. The summed E-state index contributed by atoms with van der Waals surface area (Å²) in [6.07, 6.45) is 0. The van der Waals surface area contributed by atoms with Crippen LogP contribution in [0.25, 0.3) is 11.1 Å². The Kier molecular flexibility index (Phi) is 4.41. The number of benzene rings is 1. The molecule has 0 atom stereocenters. The van der Waals surface area contributed by atoms with Gasteiger partial charge in [-0.2, -0.15) is 8.61 Å². The molecule has 10 heteroatoms. The summed E-state index contributed by atoms with van der Waals surface area (Å²) in [5, 5.41) is 0. The van der Waals surface area contributed by atoms with Crippen molar-refractivity contribution < 1.29 is 21.3 Å². The molecule has 8 nitrogen and oxygen atoms in total. The molecular formula is C14H19N3O5S2. The van der Waals surface area contributed by atoms with Gasteiger partial charge in [-0.3, -0.25) is 0 Å². The highest BCUT2D eigenvalue weighted by Crippen LogP contribution is 2.23. The number of hydrogen-bond acceptors (Lipinski definition) is 6. The molecule has 3 rings (SSSR count). The van der Waals surface area contributed by atoms with Gasteiger partial charge in [0, 0.05) is 39.2 Å². The Morgan fingerprint density at radius 2 is 1.71 bits per heavy atom. The molecule has 1 aromatic carbocycles. The van der Waals surface area contributed by atoms with Crippen molar-refractivity contribution in [1.82, 2.24) is 13.6 Å². The predicted molar refractivity (Wildman–Crippen MR) is 88.5 cm³/mol. The van der Waals surface area contributed by atoms with Crippen molar-refractivity contribution in [2.45, 2.75) is 18.7 Å². The molecule has 1 saturated heterocycles. The lowest BCUT2D eigenvalue weighted by Crippen LogP contribution is -2.50. The van der Waals surface area contributed by atoms with Crippen molar-refractivity contribution in [2.24, 2.45) is 0 Å². The van der Waals surface area contributed by atoms with E-state index in [0.29, 0.717) is 17.0 Å². The van der Waals surface area contributed by atoms with E-state index in [1.54, 1.807) is 19.9 Å². The standard InChI is InChI=1S/C14H19N3O5S2/c1-3-23(18,19)16-6-8-17(9-7-16)24(20,21)12-4-5-13-14(10-12)22-11(2)15-13/h4-5,10H,3,6-9H2,1-2H3. The average molecular weight is 373 g/mol. The maximum atomic E-state index is 12.8. The van der Waals surface area contributed by atoms with Crippen LogP contribution in [0.2, 0.25) is 0 Å². The predicted octanol–water partition coefficient (Wildman–Crippen LogP) is 0.792. The van der Waals surface area contributed by atoms with Crippen LogP contribution in [-0.4, -0.2) is 62.4 Å². The van der Waals surface area contributed by atoms with Crippen LogP contribution in [0, 0.1) is 6.92 Å². The summed E-state index contributed by atoms with van der Waals surface area (Å²) >= 11 is 0. The van der Waals surface area contributed by atoms with Gasteiger partial charge in [-0.1, -0.05) is 0 Å². The molecule has 1 aromatic heterocycles. The highest BCUT2D eigenvalue weighted by Gasteiger charge is 2.32. The number of oxazole rings is 1. The minimum Gasteiger partial charge on any atom is -0.441 e.